The summed E-state index contributed by atoms with van der Waals surface area (Å²) in [6.45, 7) is 0. The van der Waals surface area contributed by atoms with Gasteiger partial charge in [0.05, 0.1) is 0 Å². The molecule has 0 unspecified atom stereocenters. The van der Waals surface area contributed by atoms with E-state index in [0.29, 0.717) is 5.56 Å². The van der Waals surface area contributed by atoms with E-state index in [1.165, 1.54) is 18.2 Å². The van der Waals surface area contributed by atoms with Crippen LogP contribution in [0.5, 0.6) is 5.75 Å². The smallest absolute Gasteiger partial charge is 0.262 e. The van der Waals surface area contributed by atoms with Crippen LogP contribution in [0, 0.1) is 0 Å². The second-order valence-corrected chi connectivity index (χ2v) is 7.02. The third-order valence-corrected chi connectivity index (χ3v) is 5.35. The molecule has 0 saturated carbocycles. The zero-order valence-corrected chi connectivity index (χ0v) is 12.7. The molecule has 4 rings (SSSR count). The summed E-state index contributed by atoms with van der Waals surface area (Å²) in [5.74, 6) is -0.133. The largest absolute Gasteiger partial charge is 0.451 e. The molecule has 3 aromatic carbocycles. The number of fused-ring (bicyclic) bond motifs is 2. The van der Waals surface area contributed by atoms with E-state index < -0.39 is 15.0 Å². The quantitative estimate of drug-likeness (QED) is 0.669. The Hall–Kier alpha value is -2.66. The van der Waals surface area contributed by atoms with Crippen LogP contribution in [-0.2, 0) is 9.84 Å². The molecule has 114 valence electrons. The highest BCUT2D eigenvalue weighted by Gasteiger charge is 2.35. The van der Waals surface area contributed by atoms with Crippen LogP contribution in [0.15, 0.2) is 76.8 Å². The standard InChI is InChI=1S/C18H11FO3S/c19-18-17(14-10-9-12-5-1-2-6-13(12)11-14)22-15-7-3-4-8-16(15)23(18,20)21/h1-11H. The Bertz CT molecular complexity index is 1070. The number of hydrogen-bond acceptors (Lipinski definition) is 3. The SMILES string of the molecule is O=S1(=O)C(F)=C(c2ccc3ccccc3c2)Oc2ccccc21. The molecule has 0 fully saturated rings. The van der Waals surface area contributed by atoms with Crippen LogP contribution in [0.3, 0.4) is 0 Å². The van der Waals surface area contributed by atoms with Gasteiger partial charge in [0, 0.05) is 5.56 Å². The van der Waals surface area contributed by atoms with Crippen LogP contribution >= 0.6 is 0 Å². The van der Waals surface area contributed by atoms with Gasteiger partial charge in [0.15, 0.2) is 5.76 Å². The molecule has 0 amide bonds. The fraction of sp³-hybridized carbons (Fsp3) is 0. The van der Waals surface area contributed by atoms with Gasteiger partial charge in [0.1, 0.15) is 10.6 Å². The Morgan fingerprint density at radius 3 is 2.35 bits per heavy atom. The molecule has 3 aromatic rings. The van der Waals surface area contributed by atoms with Crippen molar-refractivity contribution in [3.05, 3.63) is 77.5 Å². The number of hydrogen-bond donors (Lipinski definition) is 0. The van der Waals surface area contributed by atoms with Gasteiger partial charge in [-0.1, -0.05) is 48.5 Å². The van der Waals surface area contributed by atoms with Crippen molar-refractivity contribution in [3.8, 4) is 5.75 Å². The predicted molar refractivity (Wildman–Crippen MR) is 86.2 cm³/mol. The lowest BCUT2D eigenvalue weighted by Gasteiger charge is -2.19. The third-order valence-electron chi connectivity index (χ3n) is 3.78. The molecule has 0 radical (unpaired) electrons. The van der Waals surface area contributed by atoms with Crippen LogP contribution in [0.25, 0.3) is 16.5 Å². The van der Waals surface area contributed by atoms with E-state index in [4.69, 9.17) is 4.74 Å². The normalized spacial score (nSPS) is 16.0. The molecule has 0 atom stereocenters. The minimum absolute atomic E-state index is 0.136. The van der Waals surface area contributed by atoms with Crippen molar-refractivity contribution in [2.75, 3.05) is 0 Å². The van der Waals surface area contributed by atoms with Crippen LogP contribution in [0.4, 0.5) is 4.39 Å². The average molecular weight is 326 g/mol. The summed E-state index contributed by atoms with van der Waals surface area (Å²) in [5, 5.41) is 0.605. The van der Waals surface area contributed by atoms with Crippen molar-refractivity contribution >= 4 is 26.4 Å². The summed E-state index contributed by atoms with van der Waals surface area (Å²) in [6, 6.07) is 18.8. The Balaban J connectivity index is 1.94. The van der Waals surface area contributed by atoms with Crippen LogP contribution < -0.4 is 4.74 Å². The number of ether oxygens (including phenoxy) is 1. The maximum atomic E-state index is 14.6. The van der Waals surface area contributed by atoms with Gasteiger partial charge in [0.2, 0.25) is 9.84 Å². The fourth-order valence-corrected chi connectivity index (χ4v) is 3.86. The van der Waals surface area contributed by atoms with E-state index >= 15 is 0 Å². The van der Waals surface area contributed by atoms with Crippen LogP contribution in [-0.4, -0.2) is 8.42 Å². The fourth-order valence-electron chi connectivity index (χ4n) is 2.63. The monoisotopic (exact) mass is 326 g/mol. The molecule has 0 bridgehead atoms. The summed E-state index contributed by atoms with van der Waals surface area (Å²) in [6.07, 6.45) is 0. The van der Waals surface area contributed by atoms with Crippen molar-refractivity contribution in [2.45, 2.75) is 4.90 Å². The topological polar surface area (TPSA) is 43.4 Å². The van der Waals surface area contributed by atoms with Crippen molar-refractivity contribution in [3.63, 3.8) is 0 Å². The number of para-hydroxylation sites is 1. The minimum Gasteiger partial charge on any atom is -0.451 e. The van der Waals surface area contributed by atoms with Crippen molar-refractivity contribution in [1.82, 2.24) is 0 Å². The second-order valence-electron chi connectivity index (χ2n) is 5.22. The molecule has 1 aliphatic rings. The van der Waals surface area contributed by atoms with Gasteiger partial charge in [-0.15, -0.1) is 0 Å². The summed E-state index contributed by atoms with van der Waals surface area (Å²) in [7, 11) is -4.18. The van der Waals surface area contributed by atoms with Gasteiger partial charge in [0.25, 0.3) is 5.16 Å². The zero-order valence-electron chi connectivity index (χ0n) is 11.9. The van der Waals surface area contributed by atoms with Crippen LogP contribution in [0.2, 0.25) is 0 Å². The zero-order chi connectivity index (χ0) is 16.0. The van der Waals surface area contributed by atoms with Crippen molar-refractivity contribution < 1.29 is 17.5 Å². The van der Waals surface area contributed by atoms with E-state index in [0.717, 1.165) is 10.8 Å². The molecule has 0 N–H and O–H groups in total. The lowest BCUT2D eigenvalue weighted by Crippen LogP contribution is -2.14. The number of benzene rings is 3. The Morgan fingerprint density at radius 1 is 0.826 bits per heavy atom. The molecular weight excluding hydrogens is 315 g/mol. The summed E-state index contributed by atoms with van der Waals surface area (Å²) >= 11 is 0. The van der Waals surface area contributed by atoms with Crippen LogP contribution in [0.1, 0.15) is 5.56 Å². The first-order valence-corrected chi connectivity index (χ1v) is 8.46. The number of rotatable bonds is 1. The van der Waals surface area contributed by atoms with Gasteiger partial charge in [-0.2, -0.15) is 4.39 Å². The molecule has 0 aromatic heterocycles. The average Bonchev–Trinajstić information content (AvgIpc) is 2.58. The Kier molecular flexibility index (Phi) is 2.99. The predicted octanol–water partition coefficient (Wildman–Crippen LogP) is 4.30. The first kappa shape index (κ1) is 14.0. The summed E-state index contributed by atoms with van der Waals surface area (Å²) in [4.78, 5) is -0.151. The highest BCUT2D eigenvalue weighted by molar-refractivity contribution is 7.95. The third kappa shape index (κ3) is 2.12. The maximum Gasteiger partial charge on any atom is 0.262 e. The highest BCUT2D eigenvalue weighted by Crippen LogP contribution is 2.40. The Morgan fingerprint density at radius 2 is 1.52 bits per heavy atom. The maximum absolute atomic E-state index is 14.6. The summed E-state index contributed by atoms with van der Waals surface area (Å²) in [5.41, 5.74) is 0.388. The second kappa shape index (κ2) is 4.93. The lowest BCUT2D eigenvalue weighted by molar-refractivity contribution is 0.465. The molecule has 3 nitrogen and oxygen atoms in total. The number of halogens is 1. The van der Waals surface area contributed by atoms with E-state index in [-0.39, 0.29) is 16.4 Å². The molecule has 23 heavy (non-hydrogen) atoms. The number of sulfone groups is 1. The van der Waals surface area contributed by atoms with Gasteiger partial charge in [-0.3, -0.25) is 0 Å². The molecule has 0 saturated heterocycles. The first-order valence-electron chi connectivity index (χ1n) is 6.98. The lowest BCUT2D eigenvalue weighted by atomic mass is 10.1. The van der Waals surface area contributed by atoms with E-state index in [2.05, 4.69) is 0 Å². The summed E-state index contributed by atoms with van der Waals surface area (Å²) < 4.78 is 44.8. The van der Waals surface area contributed by atoms with Gasteiger partial charge in [-0.05, 0) is 29.0 Å². The van der Waals surface area contributed by atoms with Gasteiger partial charge >= 0.3 is 0 Å². The molecule has 0 spiro atoms. The van der Waals surface area contributed by atoms with Gasteiger partial charge < -0.3 is 4.74 Å². The molecule has 0 aliphatic carbocycles. The molecule has 5 heteroatoms. The molecule has 1 heterocycles. The van der Waals surface area contributed by atoms with Gasteiger partial charge in [-0.25, -0.2) is 8.42 Å². The molecule has 1 aliphatic heterocycles. The van der Waals surface area contributed by atoms with E-state index in [1.807, 2.05) is 24.3 Å². The van der Waals surface area contributed by atoms with E-state index in [1.54, 1.807) is 24.3 Å². The molecular formula is C18H11FO3S. The van der Waals surface area contributed by atoms with Crippen molar-refractivity contribution in [1.29, 1.82) is 0 Å². The van der Waals surface area contributed by atoms with Crippen molar-refractivity contribution in [2.24, 2.45) is 0 Å². The van der Waals surface area contributed by atoms with E-state index in [9.17, 15) is 12.8 Å². The highest BCUT2D eigenvalue weighted by atomic mass is 32.2. The minimum atomic E-state index is -4.18. The Labute approximate surface area is 132 Å². The first-order chi connectivity index (χ1) is 11.1.